The normalized spacial score (nSPS) is 10.7. The van der Waals surface area contributed by atoms with E-state index in [-0.39, 0.29) is 5.91 Å². The third-order valence-electron chi connectivity index (χ3n) is 3.59. The Bertz CT molecular complexity index is 1060. The van der Waals surface area contributed by atoms with Crippen molar-refractivity contribution in [2.24, 2.45) is 0 Å². The summed E-state index contributed by atoms with van der Waals surface area (Å²) in [6, 6.07) is 14.6. The van der Waals surface area contributed by atoms with Crippen LogP contribution >= 0.6 is 22.9 Å². The molecule has 0 radical (unpaired) electrons. The number of carbonyl (C=O) groups is 1. The second-order valence-corrected chi connectivity index (χ2v) is 6.68. The van der Waals surface area contributed by atoms with Crippen LogP contribution in [-0.4, -0.2) is 26.1 Å². The lowest BCUT2D eigenvalue weighted by atomic mass is 10.1. The molecule has 3 heterocycles. The minimum atomic E-state index is -0.312. The predicted octanol–water partition coefficient (Wildman–Crippen LogP) is 4.50. The highest BCUT2D eigenvalue weighted by molar-refractivity contribution is 7.14. The van der Waals surface area contributed by atoms with Gasteiger partial charge in [-0.2, -0.15) is 5.10 Å². The number of aromatic nitrogens is 4. The van der Waals surface area contributed by atoms with Crippen LogP contribution in [0.15, 0.2) is 60.1 Å². The van der Waals surface area contributed by atoms with Crippen molar-refractivity contribution < 1.29 is 4.79 Å². The number of nitrogens with one attached hydrogen (secondary N) is 2. The lowest BCUT2D eigenvalue weighted by Gasteiger charge is -1.98. The molecule has 4 aromatic rings. The van der Waals surface area contributed by atoms with Gasteiger partial charge < -0.3 is 0 Å². The summed E-state index contributed by atoms with van der Waals surface area (Å²) in [6.07, 6.45) is 1.70. The van der Waals surface area contributed by atoms with Crippen LogP contribution in [-0.2, 0) is 0 Å². The number of rotatable bonds is 4. The van der Waals surface area contributed by atoms with E-state index in [2.05, 4.69) is 25.5 Å². The smallest absolute Gasteiger partial charge is 0.275 e. The Morgan fingerprint density at radius 1 is 1.08 bits per heavy atom. The van der Waals surface area contributed by atoms with E-state index in [1.54, 1.807) is 24.4 Å². The third-order valence-corrected chi connectivity index (χ3v) is 4.59. The second kappa shape index (κ2) is 7.07. The van der Waals surface area contributed by atoms with Gasteiger partial charge in [0.05, 0.1) is 11.4 Å². The summed E-state index contributed by atoms with van der Waals surface area (Å²) in [7, 11) is 0. The molecule has 0 bridgehead atoms. The number of pyridine rings is 1. The third kappa shape index (κ3) is 3.49. The van der Waals surface area contributed by atoms with Crippen LogP contribution in [0.2, 0.25) is 5.02 Å². The highest BCUT2D eigenvalue weighted by Gasteiger charge is 2.14. The van der Waals surface area contributed by atoms with Crippen molar-refractivity contribution in [3.05, 3.63) is 70.8 Å². The first-order valence-corrected chi connectivity index (χ1v) is 8.94. The molecule has 0 spiro atoms. The number of anilines is 1. The molecule has 128 valence electrons. The Balaban J connectivity index is 1.50. The Hall–Kier alpha value is -3.03. The quantitative estimate of drug-likeness (QED) is 0.545. The first-order chi connectivity index (χ1) is 12.7. The van der Waals surface area contributed by atoms with Crippen LogP contribution in [0, 0.1) is 0 Å². The number of hydrogen-bond acceptors (Lipinski definition) is 5. The van der Waals surface area contributed by atoms with Gasteiger partial charge in [-0.25, -0.2) is 4.98 Å². The minimum absolute atomic E-state index is 0.312. The molecule has 2 N–H and O–H groups in total. The summed E-state index contributed by atoms with van der Waals surface area (Å²) in [5.41, 5.74) is 3.30. The van der Waals surface area contributed by atoms with E-state index in [1.807, 2.05) is 35.7 Å². The number of amides is 1. The number of thiazole rings is 1. The van der Waals surface area contributed by atoms with E-state index in [0.29, 0.717) is 21.5 Å². The monoisotopic (exact) mass is 381 g/mol. The van der Waals surface area contributed by atoms with E-state index in [1.165, 1.54) is 11.3 Å². The van der Waals surface area contributed by atoms with Gasteiger partial charge in [-0.1, -0.05) is 29.8 Å². The van der Waals surface area contributed by atoms with Gasteiger partial charge in [0.1, 0.15) is 11.4 Å². The topological polar surface area (TPSA) is 83.6 Å². The SMILES string of the molecule is O=C(Nc1nc(-c2ccccn2)cs1)c1cc(-c2cccc(Cl)c2)n[nH]1. The largest absolute Gasteiger partial charge is 0.296 e. The first-order valence-electron chi connectivity index (χ1n) is 7.69. The van der Waals surface area contributed by atoms with E-state index < -0.39 is 0 Å². The van der Waals surface area contributed by atoms with Gasteiger partial charge in [0.2, 0.25) is 0 Å². The van der Waals surface area contributed by atoms with Crippen LogP contribution in [0.3, 0.4) is 0 Å². The molecule has 6 nitrogen and oxygen atoms in total. The number of H-pyrrole nitrogens is 1. The lowest BCUT2D eigenvalue weighted by molar-refractivity contribution is 0.102. The molecule has 0 saturated heterocycles. The zero-order valence-electron chi connectivity index (χ0n) is 13.3. The van der Waals surface area contributed by atoms with Gasteiger partial charge in [0.15, 0.2) is 5.13 Å². The molecule has 0 aliphatic rings. The molecule has 1 aromatic carbocycles. The summed E-state index contributed by atoms with van der Waals surface area (Å²) < 4.78 is 0. The molecule has 1 amide bonds. The zero-order chi connectivity index (χ0) is 17.9. The molecule has 0 saturated carbocycles. The standard InChI is InChI=1S/C18H12ClN5OS/c19-12-5-3-4-11(8-12)14-9-15(24-23-14)17(25)22-18-21-16(10-26-18)13-6-1-2-7-20-13/h1-10H,(H,23,24)(H,21,22,25). The molecule has 4 rings (SSSR count). The minimum Gasteiger partial charge on any atom is -0.296 e. The summed E-state index contributed by atoms with van der Waals surface area (Å²) in [6.45, 7) is 0. The summed E-state index contributed by atoms with van der Waals surface area (Å²) in [5, 5.41) is 12.6. The second-order valence-electron chi connectivity index (χ2n) is 5.38. The van der Waals surface area contributed by atoms with Crippen LogP contribution in [0.4, 0.5) is 5.13 Å². The fourth-order valence-electron chi connectivity index (χ4n) is 2.36. The summed E-state index contributed by atoms with van der Waals surface area (Å²) in [5.74, 6) is -0.312. The van der Waals surface area contributed by atoms with Gasteiger partial charge in [-0.3, -0.25) is 20.2 Å². The van der Waals surface area contributed by atoms with Gasteiger partial charge in [0, 0.05) is 22.2 Å². The molecular formula is C18H12ClN5OS. The maximum atomic E-state index is 12.4. The van der Waals surface area contributed by atoms with Gasteiger partial charge in [-0.05, 0) is 30.3 Å². The Kier molecular flexibility index (Phi) is 4.47. The first kappa shape index (κ1) is 16.4. The number of nitrogens with zero attached hydrogens (tertiary/aromatic N) is 3. The van der Waals surface area contributed by atoms with Crippen molar-refractivity contribution in [1.82, 2.24) is 20.2 Å². The lowest BCUT2D eigenvalue weighted by Crippen LogP contribution is -2.12. The molecule has 0 fully saturated rings. The van der Waals surface area contributed by atoms with Crippen LogP contribution in [0.5, 0.6) is 0 Å². The molecule has 3 aromatic heterocycles. The van der Waals surface area contributed by atoms with Crippen molar-refractivity contribution in [2.45, 2.75) is 0 Å². The number of aromatic amines is 1. The zero-order valence-corrected chi connectivity index (χ0v) is 14.9. The van der Waals surface area contributed by atoms with Crippen LogP contribution in [0.25, 0.3) is 22.6 Å². The molecule has 0 atom stereocenters. The van der Waals surface area contributed by atoms with Gasteiger partial charge in [-0.15, -0.1) is 11.3 Å². The molecule has 26 heavy (non-hydrogen) atoms. The van der Waals surface area contributed by atoms with E-state index in [4.69, 9.17) is 11.6 Å². The van der Waals surface area contributed by atoms with Crippen molar-refractivity contribution in [2.75, 3.05) is 5.32 Å². The fraction of sp³-hybridized carbons (Fsp3) is 0. The number of halogens is 1. The Morgan fingerprint density at radius 3 is 2.81 bits per heavy atom. The van der Waals surface area contributed by atoms with E-state index in [0.717, 1.165) is 17.0 Å². The predicted molar refractivity (Wildman–Crippen MR) is 102 cm³/mol. The van der Waals surface area contributed by atoms with E-state index >= 15 is 0 Å². The Morgan fingerprint density at radius 2 is 2.00 bits per heavy atom. The maximum Gasteiger partial charge on any atom is 0.275 e. The summed E-state index contributed by atoms with van der Waals surface area (Å²) in [4.78, 5) is 21.1. The average molecular weight is 382 g/mol. The molecule has 0 aliphatic heterocycles. The average Bonchev–Trinajstić information content (AvgIpc) is 3.32. The van der Waals surface area contributed by atoms with Gasteiger partial charge in [0.25, 0.3) is 5.91 Å². The number of benzene rings is 1. The fourth-order valence-corrected chi connectivity index (χ4v) is 3.25. The highest BCUT2D eigenvalue weighted by atomic mass is 35.5. The Labute approximate surface area is 157 Å². The molecule has 8 heteroatoms. The van der Waals surface area contributed by atoms with Crippen molar-refractivity contribution in [3.63, 3.8) is 0 Å². The highest BCUT2D eigenvalue weighted by Crippen LogP contribution is 2.24. The van der Waals surface area contributed by atoms with Crippen molar-refractivity contribution in [3.8, 4) is 22.6 Å². The van der Waals surface area contributed by atoms with Gasteiger partial charge >= 0.3 is 0 Å². The number of hydrogen-bond donors (Lipinski definition) is 2. The molecule has 0 unspecified atom stereocenters. The van der Waals surface area contributed by atoms with Crippen molar-refractivity contribution in [1.29, 1.82) is 0 Å². The van der Waals surface area contributed by atoms with Crippen LogP contribution in [0.1, 0.15) is 10.5 Å². The molecular weight excluding hydrogens is 370 g/mol. The van der Waals surface area contributed by atoms with Crippen molar-refractivity contribution >= 4 is 34.0 Å². The number of carbonyl (C=O) groups excluding carboxylic acids is 1. The summed E-state index contributed by atoms with van der Waals surface area (Å²) >= 11 is 7.33. The van der Waals surface area contributed by atoms with Crippen LogP contribution < -0.4 is 5.32 Å². The van der Waals surface area contributed by atoms with E-state index in [9.17, 15) is 4.79 Å². The maximum absolute atomic E-state index is 12.4. The molecule has 0 aliphatic carbocycles.